The van der Waals surface area contributed by atoms with Gasteiger partial charge in [-0.1, -0.05) is 30.4 Å². The van der Waals surface area contributed by atoms with Gasteiger partial charge in [-0.15, -0.1) is 0 Å². The molecular weight excluding hydrogens is 360 g/mol. The maximum absolute atomic E-state index is 12.8. The molecule has 28 heavy (non-hydrogen) atoms. The number of amides is 2. The van der Waals surface area contributed by atoms with Crippen LogP contribution in [0.3, 0.4) is 0 Å². The number of methoxy groups -OCH3 is 1. The standard InChI is InChI=1S/C21H20N2O5/c1-28-21(27)16-12-23(17-9-5-4-6-13(16)17)18(24)10-11-22-19(25)14-7-2-3-8-15(14)20(22)26/h2-6,9,12,14-15H,7-8,10-11H2,1H3/t14-,15-/m1/s1. The second-order valence-corrected chi connectivity index (χ2v) is 7.05. The molecule has 2 heterocycles. The lowest BCUT2D eigenvalue weighted by Crippen LogP contribution is -2.33. The zero-order chi connectivity index (χ0) is 19.8. The molecule has 0 radical (unpaired) electrons. The summed E-state index contributed by atoms with van der Waals surface area (Å²) in [6, 6.07) is 7.04. The highest BCUT2D eigenvalue weighted by Crippen LogP contribution is 2.35. The molecule has 1 aliphatic heterocycles. The zero-order valence-electron chi connectivity index (χ0n) is 15.5. The van der Waals surface area contributed by atoms with Gasteiger partial charge in [-0.05, 0) is 18.9 Å². The third-order valence-electron chi connectivity index (χ3n) is 5.53. The van der Waals surface area contributed by atoms with Crippen LogP contribution in [0.2, 0.25) is 0 Å². The van der Waals surface area contributed by atoms with E-state index < -0.39 is 5.97 Å². The third kappa shape index (κ3) is 2.83. The molecule has 0 N–H and O–H groups in total. The summed E-state index contributed by atoms with van der Waals surface area (Å²) in [6.07, 6.45) is 6.46. The molecule has 0 saturated carbocycles. The summed E-state index contributed by atoms with van der Waals surface area (Å²) < 4.78 is 6.18. The first-order valence-electron chi connectivity index (χ1n) is 9.24. The topological polar surface area (TPSA) is 85.7 Å². The number of likely N-dealkylation sites (tertiary alicyclic amines) is 1. The number of ether oxygens (including phenoxy) is 1. The van der Waals surface area contributed by atoms with Crippen LogP contribution in [-0.2, 0) is 14.3 Å². The van der Waals surface area contributed by atoms with Crippen molar-refractivity contribution in [1.82, 2.24) is 9.47 Å². The Bertz CT molecular complexity index is 993. The molecule has 2 aromatic rings. The van der Waals surface area contributed by atoms with Gasteiger partial charge in [0.05, 0.1) is 30.0 Å². The minimum absolute atomic E-state index is 0.0103. The van der Waals surface area contributed by atoms with Gasteiger partial charge in [0.1, 0.15) is 0 Å². The number of hydrogen-bond donors (Lipinski definition) is 0. The number of hydrogen-bond acceptors (Lipinski definition) is 5. The predicted molar refractivity (Wildman–Crippen MR) is 101 cm³/mol. The number of carbonyl (C=O) groups is 4. The molecule has 144 valence electrons. The molecule has 7 nitrogen and oxygen atoms in total. The fraction of sp³-hybridized carbons (Fsp3) is 0.333. The van der Waals surface area contributed by atoms with Crippen LogP contribution < -0.4 is 0 Å². The van der Waals surface area contributed by atoms with Crippen LogP contribution in [0.4, 0.5) is 0 Å². The first-order chi connectivity index (χ1) is 13.5. The Morgan fingerprint density at radius 2 is 1.71 bits per heavy atom. The number of fused-ring (bicyclic) bond motifs is 2. The fourth-order valence-electron chi connectivity index (χ4n) is 4.08. The second-order valence-electron chi connectivity index (χ2n) is 7.05. The van der Waals surface area contributed by atoms with Gasteiger partial charge in [0.2, 0.25) is 17.7 Å². The summed E-state index contributed by atoms with van der Waals surface area (Å²) in [7, 11) is 1.29. The van der Waals surface area contributed by atoms with E-state index in [4.69, 9.17) is 4.74 Å². The van der Waals surface area contributed by atoms with Crippen molar-refractivity contribution in [2.24, 2.45) is 11.8 Å². The molecule has 2 amide bonds. The van der Waals surface area contributed by atoms with E-state index in [0.717, 1.165) is 0 Å². The summed E-state index contributed by atoms with van der Waals surface area (Å²) in [5.74, 6) is -1.81. The average Bonchev–Trinajstić information content (AvgIpc) is 3.23. The molecule has 1 aromatic heterocycles. The zero-order valence-corrected chi connectivity index (χ0v) is 15.5. The fourth-order valence-corrected chi connectivity index (χ4v) is 4.08. The molecule has 2 aliphatic rings. The van der Waals surface area contributed by atoms with Gasteiger partial charge in [-0.2, -0.15) is 0 Å². The minimum atomic E-state index is -0.524. The van der Waals surface area contributed by atoms with E-state index in [2.05, 4.69) is 0 Å². The normalized spacial score (nSPS) is 21.2. The lowest BCUT2D eigenvalue weighted by atomic mass is 9.85. The summed E-state index contributed by atoms with van der Waals surface area (Å²) in [4.78, 5) is 51.1. The maximum Gasteiger partial charge on any atom is 0.340 e. The van der Waals surface area contributed by atoms with Crippen molar-refractivity contribution in [1.29, 1.82) is 0 Å². The van der Waals surface area contributed by atoms with Gasteiger partial charge < -0.3 is 4.74 Å². The quantitative estimate of drug-likeness (QED) is 0.462. The van der Waals surface area contributed by atoms with E-state index >= 15 is 0 Å². The van der Waals surface area contributed by atoms with E-state index in [-0.39, 0.29) is 42.5 Å². The molecule has 7 heteroatoms. The first kappa shape index (κ1) is 18.2. The van der Waals surface area contributed by atoms with Crippen LogP contribution in [0.1, 0.15) is 34.4 Å². The molecule has 1 aromatic carbocycles. The van der Waals surface area contributed by atoms with Gasteiger partial charge in [0, 0.05) is 24.5 Å². The van der Waals surface area contributed by atoms with Crippen LogP contribution in [0.15, 0.2) is 42.6 Å². The summed E-state index contributed by atoms with van der Waals surface area (Å²) in [5, 5.41) is 0.619. The maximum atomic E-state index is 12.8. The number of allylic oxidation sites excluding steroid dienone is 2. The molecular formula is C21H20N2O5. The number of para-hydroxylation sites is 1. The molecule has 4 rings (SSSR count). The number of rotatable bonds is 4. The minimum Gasteiger partial charge on any atom is -0.465 e. The predicted octanol–water partition coefficient (Wildman–Crippen LogP) is 2.41. The van der Waals surface area contributed by atoms with E-state index in [1.165, 1.54) is 22.8 Å². The van der Waals surface area contributed by atoms with Crippen molar-refractivity contribution in [2.45, 2.75) is 19.3 Å². The van der Waals surface area contributed by atoms with Gasteiger partial charge in [0.15, 0.2) is 0 Å². The van der Waals surface area contributed by atoms with Gasteiger partial charge in [-0.25, -0.2) is 4.79 Å². The molecule has 1 saturated heterocycles. The average molecular weight is 380 g/mol. The Kier molecular flexibility index (Phi) is 4.58. The first-order valence-corrected chi connectivity index (χ1v) is 9.24. The Morgan fingerprint density at radius 3 is 2.36 bits per heavy atom. The van der Waals surface area contributed by atoms with Crippen molar-refractivity contribution in [3.63, 3.8) is 0 Å². The van der Waals surface area contributed by atoms with Crippen molar-refractivity contribution in [3.8, 4) is 0 Å². The monoisotopic (exact) mass is 380 g/mol. The van der Waals surface area contributed by atoms with Crippen molar-refractivity contribution >= 4 is 34.6 Å². The number of aromatic nitrogens is 1. The lowest BCUT2D eigenvalue weighted by Gasteiger charge is -2.14. The van der Waals surface area contributed by atoms with E-state index in [0.29, 0.717) is 29.3 Å². The van der Waals surface area contributed by atoms with Gasteiger partial charge in [-0.3, -0.25) is 23.9 Å². The Labute approximate surface area is 161 Å². The smallest absolute Gasteiger partial charge is 0.340 e. The van der Waals surface area contributed by atoms with Crippen molar-refractivity contribution in [2.75, 3.05) is 13.7 Å². The summed E-state index contributed by atoms with van der Waals surface area (Å²) >= 11 is 0. The highest BCUT2D eigenvalue weighted by Gasteiger charge is 2.46. The SMILES string of the molecule is COC(=O)c1cn(C(=O)CCN2C(=O)[C@@H]3CC=CC[C@H]3C2=O)c2ccccc12. The lowest BCUT2D eigenvalue weighted by molar-refractivity contribution is -0.139. The Balaban J connectivity index is 1.54. The number of imide groups is 1. The van der Waals surface area contributed by atoms with Crippen LogP contribution >= 0.6 is 0 Å². The summed E-state index contributed by atoms with van der Waals surface area (Å²) in [5.41, 5.74) is 0.890. The second kappa shape index (κ2) is 7.07. The molecule has 0 bridgehead atoms. The Morgan fingerprint density at radius 1 is 1.07 bits per heavy atom. The van der Waals surface area contributed by atoms with Crippen molar-refractivity contribution in [3.05, 3.63) is 48.2 Å². The van der Waals surface area contributed by atoms with E-state index in [1.54, 1.807) is 24.3 Å². The number of carbonyl (C=O) groups excluding carboxylic acids is 4. The molecule has 0 unspecified atom stereocenters. The van der Waals surface area contributed by atoms with E-state index in [1.807, 2.05) is 12.2 Å². The molecule has 0 spiro atoms. The number of benzene rings is 1. The van der Waals surface area contributed by atoms with Gasteiger partial charge in [0.25, 0.3) is 0 Å². The van der Waals surface area contributed by atoms with Crippen molar-refractivity contribution < 1.29 is 23.9 Å². The molecule has 1 fully saturated rings. The van der Waals surface area contributed by atoms with E-state index in [9.17, 15) is 19.2 Å². The highest BCUT2D eigenvalue weighted by molar-refractivity contribution is 6.08. The molecule has 2 atom stereocenters. The van der Waals surface area contributed by atoms with Crippen LogP contribution in [-0.4, -0.2) is 46.8 Å². The third-order valence-corrected chi connectivity index (χ3v) is 5.53. The van der Waals surface area contributed by atoms with Crippen LogP contribution in [0.5, 0.6) is 0 Å². The van der Waals surface area contributed by atoms with Crippen LogP contribution in [0, 0.1) is 11.8 Å². The number of nitrogens with zero attached hydrogens (tertiary/aromatic N) is 2. The van der Waals surface area contributed by atoms with Gasteiger partial charge >= 0.3 is 5.97 Å². The molecule has 1 aliphatic carbocycles. The van der Waals surface area contributed by atoms with Crippen LogP contribution in [0.25, 0.3) is 10.9 Å². The summed E-state index contributed by atoms with van der Waals surface area (Å²) in [6.45, 7) is 0.0452. The highest BCUT2D eigenvalue weighted by atomic mass is 16.5. The largest absolute Gasteiger partial charge is 0.465 e. The number of esters is 1. The Hall–Kier alpha value is -3.22.